The largest absolute Gasteiger partial charge is 0.434 e. The Kier molecular flexibility index (Phi) is 10.3. The van der Waals surface area contributed by atoms with E-state index in [-0.39, 0.29) is 40.5 Å². The lowest BCUT2D eigenvalue weighted by Gasteiger charge is -2.37. The van der Waals surface area contributed by atoms with Crippen molar-refractivity contribution in [3.63, 3.8) is 0 Å². The van der Waals surface area contributed by atoms with Crippen molar-refractivity contribution < 1.29 is 91.6 Å². The molecule has 27 heteroatoms. The minimum Gasteiger partial charge on any atom is -0.282 e. The number of hydrogen-bond donors (Lipinski definition) is 2. The molecule has 0 aliphatic carbocycles. The molecule has 0 aliphatic heterocycles. The summed E-state index contributed by atoms with van der Waals surface area (Å²) >= 11 is 3.57. The number of ether oxygens (including phenoxy) is 1. The predicted octanol–water partition coefficient (Wildman–Crippen LogP) is 5.78. The molecule has 2 rings (SSSR count). The number of thioether (sulfide) groups is 1. The van der Waals surface area contributed by atoms with Crippen LogP contribution in [0.1, 0.15) is 0 Å². The third-order valence-corrected chi connectivity index (χ3v) is 10.6. The normalized spacial score (nSPS) is 14.9. The van der Waals surface area contributed by atoms with Gasteiger partial charge in [0.25, 0.3) is 30.2 Å². The van der Waals surface area contributed by atoms with Crippen molar-refractivity contribution in [2.75, 3.05) is 0 Å². The molecule has 0 heterocycles. The SMILES string of the molecule is O=S(=O)(O)c1ccc(S(=O)(=O)NS(=O)(=O)C(F)(F)C(F)(F)C(F)(F)C(F)(F)OC(F)(F)C(F)(F)Sc2ccc(Cl)cc2F)cc1. The first-order valence-electron chi connectivity index (χ1n) is 10.2. The Morgan fingerprint density at radius 2 is 1.18 bits per heavy atom. The van der Waals surface area contributed by atoms with Gasteiger partial charge in [-0.1, -0.05) is 15.7 Å². The highest BCUT2D eigenvalue weighted by Crippen LogP contribution is 2.58. The van der Waals surface area contributed by atoms with Gasteiger partial charge in [0, 0.05) is 9.92 Å². The molecule has 0 spiro atoms. The molecule has 0 saturated heterocycles. The quantitative estimate of drug-likeness (QED) is 0.147. The molecule has 2 aromatic carbocycles. The average molecular weight is 778 g/mol. The van der Waals surface area contributed by atoms with E-state index >= 15 is 0 Å². The molecule has 2 aromatic rings. The Labute approximate surface area is 251 Å². The first-order chi connectivity index (χ1) is 19.8. The number of halogens is 14. The van der Waals surface area contributed by atoms with Gasteiger partial charge in [-0.2, -0.15) is 61.1 Å². The minimum absolute atomic E-state index is 0.0318. The van der Waals surface area contributed by atoms with Gasteiger partial charge < -0.3 is 0 Å². The summed E-state index contributed by atoms with van der Waals surface area (Å²) in [7, 11) is -19.1. The van der Waals surface area contributed by atoms with Gasteiger partial charge in [-0.25, -0.2) is 26.0 Å². The van der Waals surface area contributed by atoms with E-state index in [2.05, 4.69) is 0 Å². The van der Waals surface area contributed by atoms with Gasteiger partial charge in [-0.15, -0.1) is 0 Å². The van der Waals surface area contributed by atoms with E-state index in [4.69, 9.17) is 16.2 Å². The van der Waals surface area contributed by atoms with Crippen LogP contribution in [-0.2, 0) is 34.9 Å². The van der Waals surface area contributed by atoms with Gasteiger partial charge in [-0.05, 0) is 54.2 Å². The van der Waals surface area contributed by atoms with Crippen LogP contribution in [0, 0.1) is 5.82 Å². The second kappa shape index (κ2) is 11.9. The van der Waals surface area contributed by atoms with Crippen LogP contribution in [0.4, 0.5) is 57.1 Å². The van der Waals surface area contributed by atoms with Gasteiger partial charge in [0.2, 0.25) is 0 Å². The van der Waals surface area contributed by atoms with Crippen molar-refractivity contribution in [2.24, 2.45) is 0 Å². The van der Waals surface area contributed by atoms with Gasteiger partial charge in [0.1, 0.15) is 5.82 Å². The fraction of sp³-hybridized carbons (Fsp3) is 0.333. The van der Waals surface area contributed by atoms with Crippen LogP contribution in [0.3, 0.4) is 0 Å². The molecule has 0 fully saturated rings. The zero-order valence-electron chi connectivity index (χ0n) is 20.3. The molecule has 0 aromatic heterocycles. The summed E-state index contributed by atoms with van der Waals surface area (Å²) in [6.07, 6.45) is -14.9. The lowest BCUT2D eigenvalue weighted by atomic mass is 10.1. The maximum Gasteiger partial charge on any atom is 0.434 e. The molecule has 0 amide bonds. The highest BCUT2D eigenvalue weighted by Gasteiger charge is 2.87. The van der Waals surface area contributed by atoms with Crippen LogP contribution in [0.25, 0.3) is 0 Å². The Hall–Kier alpha value is -2.10. The molecule has 0 radical (unpaired) electrons. The minimum atomic E-state index is -8.19. The number of sulfonamides is 2. The van der Waals surface area contributed by atoms with Crippen LogP contribution < -0.4 is 4.13 Å². The average Bonchev–Trinajstić information content (AvgIpc) is 2.83. The number of rotatable bonds is 13. The topological polar surface area (TPSA) is 144 Å². The number of benzene rings is 2. The zero-order chi connectivity index (χ0) is 35.5. The standard InChI is InChI=1S/C18H9ClF13NO8S4/c19-8-1-6-12(11(20)7-8)42-17(29,30)16(27,28)41-15(25,26)13(21,22)14(23,24)18(31,32)45(39,40)33-43(34,35)9-2-4-10(5-3-9)44(36,37)38/h1-7,33H,(H,36,37,38). The van der Waals surface area contributed by atoms with Crippen LogP contribution >= 0.6 is 23.4 Å². The molecule has 0 aliphatic rings. The molecule has 45 heavy (non-hydrogen) atoms. The molecule has 0 atom stereocenters. The summed E-state index contributed by atoms with van der Waals surface area (Å²) in [6, 6.07) is 1.44. The summed E-state index contributed by atoms with van der Waals surface area (Å²) in [4.78, 5) is -4.25. The van der Waals surface area contributed by atoms with Gasteiger partial charge in [0.05, 0.1) is 9.79 Å². The molecule has 2 N–H and O–H groups in total. The molecular formula is C18H9ClF13NO8S4. The second-order valence-corrected chi connectivity index (χ2v) is 14.7. The highest BCUT2D eigenvalue weighted by molar-refractivity contribution is 8.05. The Morgan fingerprint density at radius 1 is 0.711 bits per heavy atom. The third kappa shape index (κ3) is 7.41. The fourth-order valence-electron chi connectivity index (χ4n) is 2.61. The molecule has 0 unspecified atom stereocenters. The first kappa shape index (κ1) is 39.1. The van der Waals surface area contributed by atoms with E-state index in [0.29, 0.717) is 6.07 Å². The highest BCUT2D eigenvalue weighted by atomic mass is 35.5. The Bertz CT molecular complexity index is 1770. The van der Waals surface area contributed by atoms with E-state index < -0.39 is 102 Å². The molecular weight excluding hydrogens is 769 g/mol. The fourth-order valence-corrected chi connectivity index (χ4v) is 6.90. The smallest absolute Gasteiger partial charge is 0.282 e. The Morgan fingerprint density at radius 3 is 1.62 bits per heavy atom. The lowest BCUT2D eigenvalue weighted by Crippen LogP contribution is -2.67. The van der Waals surface area contributed by atoms with Gasteiger partial charge in [-0.3, -0.25) is 4.55 Å². The van der Waals surface area contributed by atoms with E-state index in [1.807, 2.05) is 4.74 Å². The summed E-state index contributed by atoms with van der Waals surface area (Å²) in [5.74, 6) is -18.2. The number of alkyl halides is 12. The van der Waals surface area contributed by atoms with E-state index in [0.717, 1.165) is 0 Å². The molecule has 0 saturated carbocycles. The second-order valence-electron chi connectivity index (χ2n) is 8.03. The van der Waals surface area contributed by atoms with Gasteiger partial charge >= 0.3 is 34.6 Å². The van der Waals surface area contributed by atoms with Gasteiger partial charge in [0.15, 0.2) is 0 Å². The predicted molar refractivity (Wildman–Crippen MR) is 124 cm³/mol. The maximum absolute atomic E-state index is 14.3. The van der Waals surface area contributed by atoms with Crippen molar-refractivity contribution in [1.29, 1.82) is 0 Å². The molecule has 256 valence electrons. The van der Waals surface area contributed by atoms with Crippen LogP contribution in [0.2, 0.25) is 5.02 Å². The van der Waals surface area contributed by atoms with E-state index in [1.54, 1.807) is 0 Å². The van der Waals surface area contributed by atoms with E-state index in [9.17, 15) is 82.3 Å². The maximum atomic E-state index is 14.3. The van der Waals surface area contributed by atoms with Crippen LogP contribution in [0.15, 0.2) is 57.2 Å². The van der Waals surface area contributed by atoms with Crippen molar-refractivity contribution in [3.05, 3.63) is 53.3 Å². The third-order valence-electron chi connectivity index (χ3n) is 4.84. The van der Waals surface area contributed by atoms with Crippen molar-refractivity contribution in [2.45, 2.75) is 49.3 Å². The van der Waals surface area contributed by atoms with Crippen LogP contribution in [-0.4, -0.2) is 64.4 Å². The summed E-state index contributed by atoms with van der Waals surface area (Å²) in [5, 5.41) is -14.5. The first-order valence-corrected chi connectivity index (χ1v) is 15.8. The molecule has 0 bridgehead atoms. The Balaban J connectivity index is 2.45. The number of nitrogens with one attached hydrogen (secondary N) is 1. The van der Waals surface area contributed by atoms with Crippen molar-refractivity contribution >= 4 is 53.5 Å². The van der Waals surface area contributed by atoms with Crippen molar-refractivity contribution in [1.82, 2.24) is 4.13 Å². The lowest BCUT2D eigenvalue weighted by molar-refractivity contribution is -0.483. The summed E-state index contributed by atoms with van der Waals surface area (Å²) in [5.41, 5.74) is 0. The zero-order valence-corrected chi connectivity index (χ0v) is 24.3. The summed E-state index contributed by atoms with van der Waals surface area (Å²) < 4.78 is 262. The monoisotopic (exact) mass is 777 g/mol. The van der Waals surface area contributed by atoms with Crippen molar-refractivity contribution in [3.8, 4) is 0 Å². The number of hydrogen-bond acceptors (Lipinski definition) is 8. The summed E-state index contributed by atoms with van der Waals surface area (Å²) in [6.45, 7) is 0. The van der Waals surface area contributed by atoms with Crippen LogP contribution in [0.5, 0.6) is 0 Å². The molecule has 9 nitrogen and oxygen atoms in total. The van der Waals surface area contributed by atoms with E-state index in [1.165, 1.54) is 0 Å².